The lowest BCUT2D eigenvalue weighted by Gasteiger charge is -2.06. The quantitative estimate of drug-likeness (QED) is 0.365. The summed E-state index contributed by atoms with van der Waals surface area (Å²) in [4.78, 5) is 4.76. The van der Waals surface area contributed by atoms with E-state index in [4.69, 9.17) is 4.99 Å². The monoisotopic (exact) mass is 333 g/mol. The van der Waals surface area contributed by atoms with Crippen LogP contribution in [0.4, 0.5) is 5.69 Å². The first-order chi connectivity index (χ1) is 12.9. The average molecular weight is 333 g/mol. The smallest absolute Gasteiger partial charge is 0.0708 e. The Morgan fingerprint density at radius 3 is 1.88 bits per heavy atom. The van der Waals surface area contributed by atoms with Crippen molar-refractivity contribution in [2.24, 2.45) is 4.99 Å². The summed E-state index contributed by atoms with van der Waals surface area (Å²) in [6.45, 7) is 0. The summed E-state index contributed by atoms with van der Waals surface area (Å²) >= 11 is 0. The van der Waals surface area contributed by atoms with Crippen LogP contribution in [0.1, 0.15) is 5.56 Å². The molecule has 0 aliphatic carbocycles. The third kappa shape index (κ3) is 3.62. The van der Waals surface area contributed by atoms with Crippen LogP contribution >= 0.6 is 0 Å². The van der Waals surface area contributed by atoms with E-state index in [-0.39, 0.29) is 0 Å². The van der Waals surface area contributed by atoms with Gasteiger partial charge in [0, 0.05) is 11.8 Å². The second-order valence-corrected chi connectivity index (χ2v) is 6.13. The highest BCUT2D eigenvalue weighted by molar-refractivity contribution is 5.87. The van der Waals surface area contributed by atoms with Gasteiger partial charge in [-0.15, -0.1) is 0 Å². The van der Waals surface area contributed by atoms with E-state index in [1.54, 1.807) is 0 Å². The number of hydrogen-bond acceptors (Lipinski definition) is 1. The lowest BCUT2D eigenvalue weighted by atomic mass is 10.0. The molecular formula is C25H19N. The molecule has 0 aromatic heterocycles. The van der Waals surface area contributed by atoms with Gasteiger partial charge >= 0.3 is 0 Å². The van der Waals surface area contributed by atoms with Gasteiger partial charge in [-0.2, -0.15) is 0 Å². The summed E-state index contributed by atoms with van der Waals surface area (Å²) < 4.78 is 0. The summed E-state index contributed by atoms with van der Waals surface area (Å²) in [7, 11) is 0. The van der Waals surface area contributed by atoms with Gasteiger partial charge in [-0.05, 0) is 34.4 Å². The van der Waals surface area contributed by atoms with Gasteiger partial charge in [0.15, 0.2) is 0 Å². The van der Waals surface area contributed by atoms with Crippen molar-refractivity contribution < 1.29 is 0 Å². The fourth-order valence-electron chi connectivity index (χ4n) is 3.02. The van der Waals surface area contributed by atoms with Gasteiger partial charge in [-0.1, -0.05) is 97.1 Å². The standard InChI is InChI=1S/C25H19N/c1-3-11-21(12-4-1)23-15-9-10-20(18-23)19-26-25-17-8-7-16-24(25)22-13-5-2-6-14-22/h1-19H/b26-19+. The van der Waals surface area contributed by atoms with E-state index in [9.17, 15) is 0 Å². The Hall–Kier alpha value is -3.45. The molecule has 1 nitrogen and oxygen atoms in total. The molecule has 26 heavy (non-hydrogen) atoms. The maximum absolute atomic E-state index is 4.76. The molecule has 0 bridgehead atoms. The van der Waals surface area contributed by atoms with Gasteiger partial charge in [0.2, 0.25) is 0 Å². The predicted molar refractivity (Wildman–Crippen MR) is 111 cm³/mol. The highest BCUT2D eigenvalue weighted by Crippen LogP contribution is 2.29. The maximum atomic E-state index is 4.76. The van der Waals surface area contributed by atoms with Gasteiger partial charge in [0.1, 0.15) is 0 Å². The third-order valence-electron chi connectivity index (χ3n) is 4.34. The first-order valence-corrected chi connectivity index (χ1v) is 8.74. The van der Waals surface area contributed by atoms with Crippen molar-refractivity contribution in [2.45, 2.75) is 0 Å². The predicted octanol–water partition coefficient (Wildman–Crippen LogP) is 6.77. The van der Waals surface area contributed by atoms with E-state index >= 15 is 0 Å². The Balaban J connectivity index is 1.66. The van der Waals surface area contributed by atoms with Crippen LogP contribution in [-0.4, -0.2) is 6.21 Å². The number of benzene rings is 4. The molecule has 0 saturated heterocycles. The van der Waals surface area contributed by atoms with E-state index in [0.717, 1.165) is 16.8 Å². The molecule has 124 valence electrons. The number of para-hydroxylation sites is 1. The molecule has 0 heterocycles. The van der Waals surface area contributed by atoms with Crippen LogP contribution in [0.15, 0.2) is 114 Å². The highest BCUT2D eigenvalue weighted by atomic mass is 14.7. The molecule has 4 aromatic carbocycles. The molecule has 0 spiro atoms. The molecule has 0 fully saturated rings. The summed E-state index contributed by atoms with van der Waals surface area (Å²) in [6, 6.07) is 37.5. The van der Waals surface area contributed by atoms with Crippen molar-refractivity contribution in [1.82, 2.24) is 0 Å². The highest BCUT2D eigenvalue weighted by Gasteiger charge is 2.02. The molecule has 4 aromatic rings. The largest absolute Gasteiger partial charge is 0.256 e. The number of rotatable bonds is 4. The zero-order valence-corrected chi connectivity index (χ0v) is 14.4. The molecule has 0 radical (unpaired) electrons. The lowest BCUT2D eigenvalue weighted by molar-refractivity contribution is 1.51. The first-order valence-electron chi connectivity index (χ1n) is 8.74. The molecule has 0 N–H and O–H groups in total. The normalized spacial score (nSPS) is 10.9. The van der Waals surface area contributed by atoms with Crippen molar-refractivity contribution in [3.05, 3.63) is 115 Å². The maximum Gasteiger partial charge on any atom is 0.0708 e. The molecule has 0 aliphatic rings. The molecule has 0 atom stereocenters. The summed E-state index contributed by atoms with van der Waals surface area (Å²) in [5, 5.41) is 0. The Morgan fingerprint density at radius 1 is 0.500 bits per heavy atom. The van der Waals surface area contributed by atoms with E-state index in [2.05, 4.69) is 91.0 Å². The number of hydrogen-bond donors (Lipinski definition) is 0. The van der Waals surface area contributed by atoms with Gasteiger partial charge in [0.05, 0.1) is 5.69 Å². The second kappa shape index (κ2) is 7.62. The SMILES string of the molecule is C(=N\c1ccccc1-c1ccccc1)/c1cccc(-c2ccccc2)c1. The van der Waals surface area contributed by atoms with Crippen molar-refractivity contribution >= 4 is 11.9 Å². The summed E-state index contributed by atoms with van der Waals surface area (Å²) in [6.07, 6.45) is 1.94. The molecule has 0 unspecified atom stereocenters. The molecule has 0 amide bonds. The minimum Gasteiger partial charge on any atom is -0.256 e. The fraction of sp³-hybridized carbons (Fsp3) is 0. The molecule has 0 saturated carbocycles. The molecular weight excluding hydrogens is 314 g/mol. The van der Waals surface area contributed by atoms with Crippen LogP contribution in [0.2, 0.25) is 0 Å². The van der Waals surface area contributed by atoms with Crippen molar-refractivity contribution in [3.8, 4) is 22.3 Å². The Morgan fingerprint density at radius 2 is 1.12 bits per heavy atom. The van der Waals surface area contributed by atoms with Gasteiger partial charge in [-0.3, -0.25) is 4.99 Å². The molecule has 4 rings (SSSR count). The van der Waals surface area contributed by atoms with Gasteiger partial charge < -0.3 is 0 Å². The zero-order valence-electron chi connectivity index (χ0n) is 14.4. The van der Waals surface area contributed by atoms with E-state index in [0.29, 0.717) is 0 Å². The van der Waals surface area contributed by atoms with Gasteiger partial charge in [0.25, 0.3) is 0 Å². The number of nitrogens with zero attached hydrogens (tertiary/aromatic N) is 1. The van der Waals surface area contributed by atoms with Crippen molar-refractivity contribution in [2.75, 3.05) is 0 Å². The minimum absolute atomic E-state index is 0.976. The Bertz CT molecular complexity index is 1020. The minimum atomic E-state index is 0.976. The Kier molecular flexibility index (Phi) is 4.70. The lowest BCUT2D eigenvalue weighted by Crippen LogP contribution is -1.84. The zero-order chi connectivity index (χ0) is 17.6. The van der Waals surface area contributed by atoms with Crippen molar-refractivity contribution in [1.29, 1.82) is 0 Å². The van der Waals surface area contributed by atoms with Crippen LogP contribution in [0.5, 0.6) is 0 Å². The van der Waals surface area contributed by atoms with E-state index in [1.165, 1.54) is 16.7 Å². The molecule has 0 aliphatic heterocycles. The molecule has 1 heteroatoms. The van der Waals surface area contributed by atoms with Crippen LogP contribution in [0.25, 0.3) is 22.3 Å². The average Bonchev–Trinajstić information content (AvgIpc) is 2.74. The summed E-state index contributed by atoms with van der Waals surface area (Å²) in [5.74, 6) is 0. The van der Waals surface area contributed by atoms with Crippen molar-refractivity contribution in [3.63, 3.8) is 0 Å². The Labute approximate surface area is 154 Å². The summed E-state index contributed by atoms with van der Waals surface area (Å²) in [5.41, 5.74) is 6.80. The second-order valence-electron chi connectivity index (χ2n) is 6.13. The van der Waals surface area contributed by atoms with E-state index in [1.807, 2.05) is 24.4 Å². The third-order valence-corrected chi connectivity index (χ3v) is 4.34. The van der Waals surface area contributed by atoms with Crippen LogP contribution < -0.4 is 0 Å². The van der Waals surface area contributed by atoms with Crippen LogP contribution in [0.3, 0.4) is 0 Å². The topological polar surface area (TPSA) is 12.4 Å². The van der Waals surface area contributed by atoms with Crippen LogP contribution in [-0.2, 0) is 0 Å². The van der Waals surface area contributed by atoms with Gasteiger partial charge in [-0.25, -0.2) is 0 Å². The number of aliphatic imine (C=N–C) groups is 1. The van der Waals surface area contributed by atoms with E-state index < -0.39 is 0 Å². The first kappa shape index (κ1) is 16.0. The van der Waals surface area contributed by atoms with Crippen LogP contribution in [0, 0.1) is 0 Å². The fourth-order valence-corrected chi connectivity index (χ4v) is 3.02.